The Kier molecular flexibility index (Phi) is 9.57. The number of hydrogen-bond donors (Lipinski definition) is 3. The third-order valence-electron chi connectivity index (χ3n) is 6.25. The number of para-hydroxylation sites is 1. The minimum Gasteiger partial charge on any atom is -0.342 e. The van der Waals surface area contributed by atoms with E-state index in [-0.39, 0.29) is 24.9 Å². The van der Waals surface area contributed by atoms with E-state index in [0.717, 1.165) is 17.7 Å². The molecule has 1 heterocycles. The van der Waals surface area contributed by atoms with Crippen LogP contribution in [0.25, 0.3) is 0 Å². The molecule has 3 amide bonds. The van der Waals surface area contributed by atoms with Gasteiger partial charge in [0.1, 0.15) is 29.4 Å². The van der Waals surface area contributed by atoms with Crippen LogP contribution in [0.2, 0.25) is 0 Å². The fourth-order valence-electron chi connectivity index (χ4n) is 4.11. The van der Waals surface area contributed by atoms with Crippen molar-refractivity contribution in [3.63, 3.8) is 0 Å². The first kappa shape index (κ1) is 29.2. The van der Waals surface area contributed by atoms with Gasteiger partial charge in [-0.15, -0.1) is 12.4 Å². The third kappa shape index (κ3) is 6.20. The molecule has 2 aromatic carbocycles. The van der Waals surface area contributed by atoms with Crippen molar-refractivity contribution in [1.82, 2.24) is 15.5 Å². The second-order valence-corrected chi connectivity index (χ2v) is 9.79. The summed E-state index contributed by atoms with van der Waals surface area (Å²) in [6.45, 7) is 7.35. The van der Waals surface area contributed by atoms with Crippen LogP contribution < -0.4 is 16.0 Å². The van der Waals surface area contributed by atoms with Gasteiger partial charge in [0.2, 0.25) is 11.8 Å². The number of nitrogens with zero attached hydrogens (tertiary/aromatic N) is 1. The molecule has 196 valence electrons. The maximum atomic E-state index is 14.3. The lowest BCUT2D eigenvalue weighted by molar-refractivity contribution is -0.145. The number of fused-ring (bicyclic) bond motifs is 1. The number of anilines is 1. The van der Waals surface area contributed by atoms with Gasteiger partial charge in [-0.25, -0.2) is 8.78 Å². The number of rotatable bonds is 6. The van der Waals surface area contributed by atoms with E-state index in [4.69, 9.17) is 0 Å². The van der Waals surface area contributed by atoms with Gasteiger partial charge in [0.05, 0.1) is 6.04 Å². The van der Waals surface area contributed by atoms with E-state index in [1.807, 2.05) is 32.9 Å². The van der Waals surface area contributed by atoms with Crippen molar-refractivity contribution in [3.8, 4) is 0 Å². The molecule has 0 aliphatic carbocycles. The smallest absolute Gasteiger partial charge is 0.251 e. The molecule has 0 fully saturated rings. The Labute approximate surface area is 216 Å². The zero-order valence-corrected chi connectivity index (χ0v) is 21.8. The molecule has 0 spiro atoms. The number of nitrogens with one attached hydrogen (secondary N) is 3. The van der Waals surface area contributed by atoms with Crippen LogP contribution >= 0.6 is 12.4 Å². The first-order valence-corrected chi connectivity index (χ1v) is 11.6. The summed E-state index contributed by atoms with van der Waals surface area (Å²) in [5, 5.41) is 8.00. The number of carbonyl (C=O) groups excluding carboxylic acids is 3. The minimum atomic E-state index is -1.13. The molecule has 3 atom stereocenters. The molecule has 3 rings (SSSR count). The molecule has 7 nitrogen and oxygen atoms in total. The molecule has 1 aliphatic rings. The SMILES string of the molecule is CNC(C)C(=O)NC(C(=O)N1CCc2ccccc2[C@H]1C(=O)Nc1c(F)cccc1F)C(C)(C)C.Cl. The summed E-state index contributed by atoms with van der Waals surface area (Å²) in [6.07, 6.45) is 0.498. The molecule has 0 radical (unpaired) electrons. The number of halogens is 3. The van der Waals surface area contributed by atoms with E-state index < -0.39 is 52.7 Å². The molecule has 2 aromatic rings. The Morgan fingerprint density at radius 1 is 1.03 bits per heavy atom. The normalized spacial score (nSPS) is 16.8. The van der Waals surface area contributed by atoms with Gasteiger partial charge < -0.3 is 20.9 Å². The van der Waals surface area contributed by atoms with Gasteiger partial charge in [-0.05, 0) is 49.1 Å². The average molecular weight is 523 g/mol. The topological polar surface area (TPSA) is 90.5 Å². The Morgan fingerprint density at radius 3 is 2.22 bits per heavy atom. The molecule has 10 heteroatoms. The molecule has 1 aliphatic heterocycles. The summed E-state index contributed by atoms with van der Waals surface area (Å²) in [5.74, 6) is -3.37. The van der Waals surface area contributed by atoms with Crippen molar-refractivity contribution in [1.29, 1.82) is 0 Å². The van der Waals surface area contributed by atoms with Crippen LogP contribution in [0, 0.1) is 17.0 Å². The lowest BCUT2D eigenvalue weighted by Crippen LogP contribution is -2.59. The van der Waals surface area contributed by atoms with Gasteiger partial charge in [-0.2, -0.15) is 0 Å². The van der Waals surface area contributed by atoms with Gasteiger partial charge in [0, 0.05) is 6.54 Å². The maximum absolute atomic E-state index is 14.3. The third-order valence-corrected chi connectivity index (χ3v) is 6.25. The molecular formula is C26H33ClF2N4O3. The second-order valence-electron chi connectivity index (χ2n) is 9.79. The number of benzene rings is 2. The summed E-state index contributed by atoms with van der Waals surface area (Å²) in [5.41, 5.74) is 0.196. The second kappa shape index (κ2) is 11.8. The van der Waals surface area contributed by atoms with Crippen LogP contribution in [-0.4, -0.2) is 48.3 Å². The first-order valence-electron chi connectivity index (χ1n) is 11.6. The lowest BCUT2D eigenvalue weighted by atomic mass is 9.83. The van der Waals surface area contributed by atoms with Crippen LogP contribution in [0.3, 0.4) is 0 Å². The quantitative estimate of drug-likeness (QED) is 0.541. The zero-order chi connectivity index (χ0) is 25.9. The van der Waals surface area contributed by atoms with Crippen molar-refractivity contribution in [2.24, 2.45) is 5.41 Å². The molecule has 0 saturated carbocycles. The number of carbonyl (C=O) groups is 3. The van der Waals surface area contributed by atoms with Gasteiger partial charge in [0.25, 0.3) is 5.91 Å². The highest BCUT2D eigenvalue weighted by Gasteiger charge is 2.43. The molecule has 0 saturated heterocycles. The van der Waals surface area contributed by atoms with Crippen LogP contribution in [-0.2, 0) is 20.8 Å². The molecule has 3 N–H and O–H groups in total. The molecule has 0 aromatic heterocycles. The van der Waals surface area contributed by atoms with E-state index in [0.29, 0.717) is 12.0 Å². The van der Waals surface area contributed by atoms with E-state index in [9.17, 15) is 23.2 Å². The Balaban J connectivity index is 0.00000456. The number of hydrogen-bond acceptors (Lipinski definition) is 4. The van der Waals surface area contributed by atoms with Crippen LogP contribution in [0.5, 0.6) is 0 Å². The highest BCUT2D eigenvalue weighted by molar-refractivity contribution is 6.00. The van der Waals surface area contributed by atoms with Crippen molar-refractivity contribution in [2.75, 3.05) is 18.9 Å². The summed E-state index contributed by atoms with van der Waals surface area (Å²) in [7, 11) is 1.64. The Morgan fingerprint density at radius 2 is 1.64 bits per heavy atom. The number of amides is 3. The predicted molar refractivity (Wildman–Crippen MR) is 137 cm³/mol. The molecule has 36 heavy (non-hydrogen) atoms. The Hall–Kier alpha value is -3.04. The molecular weight excluding hydrogens is 490 g/mol. The first-order chi connectivity index (χ1) is 16.5. The summed E-state index contributed by atoms with van der Waals surface area (Å²) in [6, 6.07) is 7.87. The van der Waals surface area contributed by atoms with E-state index in [2.05, 4.69) is 16.0 Å². The lowest BCUT2D eigenvalue weighted by Gasteiger charge is -2.41. The summed E-state index contributed by atoms with van der Waals surface area (Å²) < 4.78 is 28.6. The number of likely N-dealkylation sites (N-methyl/N-ethyl adjacent to an activating group) is 1. The largest absolute Gasteiger partial charge is 0.342 e. The van der Waals surface area contributed by atoms with E-state index in [1.165, 1.54) is 11.0 Å². The highest BCUT2D eigenvalue weighted by atomic mass is 35.5. The van der Waals surface area contributed by atoms with Crippen molar-refractivity contribution < 1.29 is 23.2 Å². The summed E-state index contributed by atoms with van der Waals surface area (Å²) in [4.78, 5) is 41.4. The van der Waals surface area contributed by atoms with Gasteiger partial charge >= 0.3 is 0 Å². The fourth-order valence-corrected chi connectivity index (χ4v) is 4.11. The van der Waals surface area contributed by atoms with Gasteiger partial charge in [0.15, 0.2) is 0 Å². The zero-order valence-electron chi connectivity index (χ0n) is 21.0. The van der Waals surface area contributed by atoms with Crippen molar-refractivity contribution in [2.45, 2.75) is 52.2 Å². The van der Waals surface area contributed by atoms with E-state index in [1.54, 1.807) is 26.1 Å². The average Bonchev–Trinajstić information content (AvgIpc) is 2.82. The van der Waals surface area contributed by atoms with Gasteiger partial charge in [-0.3, -0.25) is 14.4 Å². The predicted octanol–water partition coefficient (Wildman–Crippen LogP) is 3.59. The van der Waals surface area contributed by atoms with Crippen molar-refractivity contribution >= 4 is 35.8 Å². The van der Waals surface area contributed by atoms with Crippen LogP contribution in [0.1, 0.15) is 44.9 Å². The van der Waals surface area contributed by atoms with E-state index >= 15 is 0 Å². The van der Waals surface area contributed by atoms with Gasteiger partial charge in [-0.1, -0.05) is 51.1 Å². The highest BCUT2D eigenvalue weighted by Crippen LogP contribution is 2.34. The molecule has 0 bridgehead atoms. The monoisotopic (exact) mass is 522 g/mol. The Bertz CT molecular complexity index is 1100. The van der Waals surface area contributed by atoms with Crippen LogP contribution in [0.15, 0.2) is 42.5 Å². The minimum absolute atomic E-state index is 0. The molecule has 2 unspecified atom stereocenters. The van der Waals surface area contributed by atoms with Crippen LogP contribution in [0.4, 0.5) is 14.5 Å². The summed E-state index contributed by atoms with van der Waals surface area (Å²) >= 11 is 0. The fraction of sp³-hybridized carbons (Fsp3) is 0.423. The maximum Gasteiger partial charge on any atom is 0.251 e. The standard InChI is InChI=1S/C26H32F2N4O3.ClH/c1-15(29-5)23(33)31-22(26(2,3)4)25(35)32-14-13-16-9-6-7-10-17(16)21(32)24(34)30-20-18(27)11-8-12-19(20)28;/h6-12,15,21-22,29H,13-14H2,1-5H3,(H,30,34)(H,31,33);1H/t15?,21-,22?;/m0./s1. The van der Waals surface area contributed by atoms with Crippen molar-refractivity contribution in [3.05, 3.63) is 65.2 Å².